The van der Waals surface area contributed by atoms with E-state index in [-0.39, 0.29) is 0 Å². The minimum atomic E-state index is -2.06. The zero-order valence-electron chi connectivity index (χ0n) is 16.3. The smallest absolute Gasteiger partial charge is 0.212 e. The lowest BCUT2D eigenvalue weighted by molar-refractivity contribution is 0.318. The molecule has 138 valence electrons. The van der Waals surface area contributed by atoms with E-state index < -0.39 is 7.41 Å². The molecule has 2 unspecified atom stereocenters. The van der Waals surface area contributed by atoms with E-state index in [0.717, 1.165) is 10.8 Å². The average Bonchev–Trinajstić information content (AvgIpc) is 2.91. The van der Waals surface area contributed by atoms with Crippen LogP contribution < -0.4 is 25.5 Å². The standard InChI is InChI=1S/C23H28N3P/c1-19-25(2)22-16-10-11-17-23(22)26(19,3)18-27(24,20-12-6-4-7-13-20)21-14-8-5-9-15-21/h4-17,19H,18,24H2,1-3H3/q+2. The van der Waals surface area contributed by atoms with Crippen molar-refractivity contribution in [2.45, 2.75) is 13.1 Å². The molecule has 0 aliphatic carbocycles. The molecule has 2 N–H and O–H groups in total. The molecule has 0 saturated carbocycles. The lowest BCUT2D eigenvalue weighted by Gasteiger charge is -2.38. The monoisotopic (exact) mass is 377 g/mol. The van der Waals surface area contributed by atoms with Gasteiger partial charge in [-0.25, -0.2) is 4.48 Å². The molecule has 0 amide bonds. The van der Waals surface area contributed by atoms with Crippen LogP contribution in [0.15, 0.2) is 84.9 Å². The number of para-hydroxylation sites is 2. The Bertz CT molecular complexity index is 889. The zero-order valence-corrected chi connectivity index (χ0v) is 17.2. The molecule has 0 radical (unpaired) electrons. The third-order valence-corrected chi connectivity index (χ3v) is 9.62. The Morgan fingerprint density at radius 2 is 1.33 bits per heavy atom. The van der Waals surface area contributed by atoms with Crippen LogP contribution in [0.2, 0.25) is 0 Å². The number of hydrogen-bond acceptors (Lipinski definition) is 2. The Morgan fingerprint density at radius 1 is 0.852 bits per heavy atom. The Balaban J connectivity index is 1.86. The van der Waals surface area contributed by atoms with Gasteiger partial charge in [0.05, 0.1) is 7.05 Å². The lowest BCUT2D eigenvalue weighted by atomic mass is 10.2. The van der Waals surface area contributed by atoms with Crippen LogP contribution in [0.25, 0.3) is 0 Å². The number of benzene rings is 3. The lowest BCUT2D eigenvalue weighted by Crippen LogP contribution is -2.57. The van der Waals surface area contributed by atoms with Gasteiger partial charge in [-0.2, -0.15) is 5.50 Å². The van der Waals surface area contributed by atoms with Crippen molar-refractivity contribution in [3.8, 4) is 0 Å². The first-order valence-electron chi connectivity index (χ1n) is 9.42. The zero-order chi connectivity index (χ0) is 19.1. The number of rotatable bonds is 4. The number of fused-ring (bicyclic) bond motifs is 1. The van der Waals surface area contributed by atoms with Gasteiger partial charge in [-0.15, -0.1) is 0 Å². The predicted molar refractivity (Wildman–Crippen MR) is 120 cm³/mol. The molecule has 1 aliphatic heterocycles. The summed E-state index contributed by atoms with van der Waals surface area (Å²) in [5.41, 5.74) is 10.0. The van der Waals surface area contributed by atoms with E-state index in [2.05, 4.69) is 111 Å². The molecule has 0 aromatic heterocycles. The van der Waals surface area contributed by atoms with E-state index in [1.807, 2.05) is 0 Å². The quantitative estimate of drug-likeness (QED) is 0.552. The van der Waals surface area contributed by atoms with Gasteiger partial charge in [0.1, 0.15) is 16.3 Å². The van der Waals surface area contributed by atoms with E-state index in [1.165, 1.54) is 22.0 Å². The van der Waals surface area contributed by atoms with Crippen LogP contribution >= 0.6 is 7.41 Å². The molecule has 3 nitrogen and oxygen atoms in total. The summed E-state index contributed by atoms with van der Waals surface area (Å²) in [4.78, 5) is 2.38. The van der Waals surface area contributed by atoms with Gasteiger partial charge >= 0.3 is 0 Å². The van der Waals surface area contributed by atoms with Crippen LogP contribution in [0.4, 0.5) is 11.4 Å². The van der Waals surface area contributed by atoms with Crippen LogP contribution in [-0.4, -0.2) is 26.5 Å². The van der Waals surface area contributed by atoms with Gasteiger partial charge in [-0.1, -0.05) is 48.5 Å². The minimum absolute atomic E-state index is 0.331. The first kappa shape index (κ1) is 18.2. The largest absolute Gasteiger partial charge is 0.320 e. The third kappa shape index (κ3) is 2.87. The summed E-state index contributed by atoms with van der Waals surface area (Å²) in [5, 5.41) is 2.52. The molecule has 4 rings (SSSR count). The Labute approximate surface area is 163 Å². The summed E-state index contributed by atoms with van der Waals surface area (Å²) in [6.45, 7) is 2.31. The fraction of sp³-hybridized carbons (Fsp3) is 0.217. The van der Waals surface area contributed by atoms with E-state index in [9.17, 15) is 0 Å². The molecule has 0 saturated heterocycles. The summed E-state index contributed by atoms with van der Waals surface area (Å²) in [6.07, 6.45) is 1.22. The third-order valence-electron chi connectivity index (χ3n) is 6.15. The Kier molecular flexibility index (Phi) is 4.55. The van der Waals surface area contributed by atoms with Gasteiger partial charge in [0.15, 0.2) is 19.3 Å². The molecular formula is C23H28N3P+2. The highest BCUT2D eigenvalue weighted by molar-refractivity contribution is 7.87. The molecule has 0 spiro atoms. The minimum Gasteiger partial charge on any atom is -0.320 e. The van der Waals surface area contributed by atoms with Gasteiger partial charge in [-0.05, 0) is 30.3 Å². The fourth-order valence-corrected chi connectivity index (χ4v) is 7.69. The van der Waals surface area contributed by atoms with Crippen molar-refractivity contribution in [3.05, 3.63) is 84.9 Å². The van der Waals surface area contributed by atoms with Crippen molar-refractivity contribution in [1.82, 2.24) is 4.48 Å². The second kappa shape index (κ2) is 6.76. The molecule has 27 heavy (non-hydrogen) atoms. The molecule has 4 heteroatoms. The van der Waals surface area contributed by atoms with Crippen LogP contribution in [0.5, 0.6) is 0 Å². The summed E-state index contributed by atoms with van der Waals surface area (Å²) in [7, 11) is 2.46. The van der Waals surface area contributed by atoms with Crippen LogP contribution in [0, 0.1) is 0 Å². The van der Waals surface area contributed by atoms with E-state index >= 15 is 0 Å². The second-order valence-corrected chi connectivity index (χ2v) is 10.7. The van der Waals surface area contributed by atoms with Gasteiger partial charge < -0.3 is 4.90 Å². The van der Waals surface area contributed by atoms with Gasteiger partial charge in [0.25, 0.3) is 0 Å². The van der Waals surface area contributed by atoms with Crippen LogP contribution in [-0.2, 0) is 0 Å². The van der Waals surface area contributed by atoms with Crippen molar-refractivity contribution < 1.29 is 0 Å². The average molecular weight is 377 g/mol. The highest BCUT2D eigenvalue weighted by atomic mass is 31.2. The summed E-state index contributed by atoms with van der Waals surface area (Å²) >= 11 is 0. The van der Waals surface area contributed by atoms with Gasteiger partial charge in [0, 0.05) is 20.0 Å². The van der Waals surface area contributed by atoms with E-state index in [4.69, 9.17) is 5.50 Å². The van der Waals surface area contributed by atoms with E-state index in [0.29, 0.717) is 6.17 Å². The second-order valence-electron chi connectivity index (χ2n) is 7.68. The highest BCUT2D eigenvalue weighted by Gasteiger charge is 2.54. The number of hydrogen-bond donors (Lipinski definition) is 1. The predicted octanol–water partition coefficient (Wildman–Crippen LogP) is 3.92. The SMILES string of the molecule is CC1N(C)c2ccccc2[N+]1(C)C[P+](N)(c1ccccc1)c1ccccc1. The molecule has 1 heterocycles. The first-order chi connectivity index (χ1) is 13.0. The van der Waals surface area contributed by atoms with Crippen molar-refractivity contribution >= 4 is 29.4 Å². The maximum Gasteiger partial charge on any atom is 0.212 e. The van der Waals surface area contributed by atoms with Gasteiger partial charge in [0.2, 0.25) is 6.29 Å². The number of quaternary nitrogens is 1. The summed E-state index contributed by atoms with van der Waals surface area (Å²) in [5.74, 6) is 0. The first-order valence-corrected chi connectivity index (χ1v) is 11.5. The van der Waals surface area contributed by atoms with Crippen molar-refractivity contribution in [3.63, 3.8) is 0 Å². The molecule has 3 aromatic rings. The number of nitrogens with zero attached hydrogens (tertiary/aromatic N) is 2. The van der Waals surface area contributed by atoms with Crippen molar-refractivity contribution in [2.75, 3.05) is 25.3 Å². The molecule has 0 fully saturated rings. The molecular weight excluding hydrogens is 349 g/mol. The molecule has 3 aromatic carbocycles. The Hall–Kier alpha value is -2.19. The topological polar surface area (TPSA) is 29.3 Å². The number of anilines is 1. The Morgan fingerprint density at radius 3 is 1.89 bits per heavy atom. The normalized spacial score (nSPS) is 21.9. The summed E-state index contributed by atoms with van der Waals surface area (Å²) in [6, 6.07) is 30.1. The van der Waals surface area contributed by atoms with Crippen molar-refractivity contribution in [2.24, 2.45) is 5.50 Å². The van der Waals surface area contributed by atoms with Crippen LogP contribution in [0.3, 0.4) is 0 Å². The maximum atomic E-state index is 7.35. The molecule has 2 atom stereocenters. The molecule has 1 aliphatic rings. The van der Waals surface area contributed by atoms with Gasteiger partial charge in [-0.3, -0.25) is 0 Å². The molecule has 0 bridgehead atoms. The van der Waals surface area contributed by atoms with Crippen molar-refractivity contribution in [1.29, 1.82) is 0 Å². The summed E-state index contributed by atoms with van der Waals surface area (Å²) < 4.78 is 0.820. The maximum absolute atomic E-state index is 7.35. The highest BCUT2D eigenvalue weighted by Crippen LogP contribution is 2.55. The van der Waals surface area contributed by atoms with Crippen LogP contribution in [0.1, 0.15) is 6.92 Å². The fourth-order valence-electron chi connectivity index (χ4n) is 4.34. The van der Waals surface area contributed by atoms with E-state index in [1.54, 1.807) is 0 Å². The number of nitrogens with two attached hydrogens (primary N) is 1.